The van der Waals surface area contributed by atoms with Crippen molar-refractivity contribution in [3.8, 4) is 0 Å². The van der Waals surface area contributed by atoms with Gasteiger partial charge in [0, 0.05) is 31.9 Å². The first-order chi connectivity index (χ1) is 8.30. The maximum absolute atomic E-state index is 10.2. The van der Waals surface area contributed by atoms with Crippen LogP contribution in [-0.2, 0) is 13.6 Å². The molecule has 104 valence electrons. The average Bonchev–Trinajstić information content (AvgIpc) is 2.55. The number of hydrogen-bond donors (Lipinski definition) is 2. The van der Waals surface area contributed by atoms with Gasteiger partial charge in [-0.2, -0.15) is 5.10 Å². The van der Waals surface area contributed by atoms with Crippen LogP contribution < -0.4 is 5.32 Å². The van der Waals surface area contributed by atoms with Crippen molar-refractivity contribution in [3.63, 3.8) is 0 Å². The van der Waals surface area contributed by atoms with Gasteiger partial charge in [0.25, 0.3) is 0 Å². The third-order valence-electron chi connectivity index (χ3n) is 3.20. The van der Waals surface area contributed by atoms with Gasteiger partial charge in [-0.15, -0.1) is 0 Å². The molecule has 4 nitrogen and oxygen atoms in total. The summed E-state index contributed by atoms with van der Waals surface area (Å²) in [6, 6.07) is 0. The van der Waals surface area contributed by atoms with Crippen LogP contribution in [0.2, 0.25) is 0 Å². The topological polar surface area (TPSA) is 50.1 Å². The Morgan fingerprint density at radius 2 is 2.17 bits per heavy atom. The van der Waals surface area contributed by atoms with Crippen LogP contribution in [0.25, 0.3) is 0 Å². The van der Waals surface area contributed by atoms with Crippen LogP contribution in [-0.4, -0.2) is 27.0 Å². The molecule has 0 fully saturated rings. The quantitative estimate of drug-likeness (QED) is 0.781. The van der Waals surface area contributed by atoms with Gasteiger partial charge >= 0.3 is 0 Å². The Balaban J connectivity index is 2.34. The molecule has 1 heterocycles. The maximum Gasteiger partial charge on any atom is 0.0743 e. The van der Waals surface area contributed by atoms with Crippen LogP contribution >= 0.6 is 0 Å². The molecule has 0 saturated heterocycles. The molecule has 0 saturated carbocycles. The predicted molar refractivity (Wildman–Crippen MR) is 74.3 cm³/mol. The van der Waals surface area contributed by atoms with Crippen LogP contribution in [0.15, 0.2) is 6.20 Å². The fourth-order valence-electron chi connectivity index (χ4n) is 1.98. The lowest BCUT2D eigenvalue weighted by molar-refractivity contribution is 0.0451. The molecule has 0 radical (unpaired) electrons. The average molecular weight is 253 g/mol. The Kier molecular flexibility index (Phi) is 5.35. The standard InChI is InChI=1S/C14H27N3O/c1-11(2)6-7-14(4,18)10-15-8-13-9-17(5)16-12(13)3/h9,11,15,18H,6-8,10H2,1-5H3. The van der Waals surface area contributed by atoms with Crippen molar-refractivity contribution in [3.05, 3.63) is 17.5 Å². The molecule has 1 unspecified atom stereocenters. The molecule has 0 spiro atoms. The summed E-state index contributed by atoms with van der Waals surface area (Å²) in [4.78, 5) is 0. The summed E-state index contributed by atoms with van der Waals surface area (Å²) in [6.45, 7) is 9.66. The van der Waals surface area contributed by atoms with Gasteiger partial charge < -0.3 is 10.4 Å². The predicted octanol–water partition coefficient (Wildman–Crippen LogP) is 2.01. The number of hydrogen-bond acceptors (Lipinski definition) is 3. The zero-order valence-corrected chi connectivity index (χ0v) is 12.3. The molecule has 0 amide bonds. The van der Waals surface area contributed by atoms with Gasteiger partial charge in [-0.3, -0.25) is 4.68 Å². The van der Waals surface area contributed by atoms with Gasteiger partial charge in [0.1, 0.15) is 0 Å². The molecule has 1 rings (SSSR count). The first-order valence-corrected chi connectivity index (χ1v) is 6.72. The zero-order valence-electron chi connectivity index (χ0n) is 12.3. The Hall–Kier alpha value is -0.870. The van der Waals surface area contributed by atoms with Crippen LogP contribution in [0.5, 0.6) is 0 Å². The fourth-order valence-corrected chi connectivity index (χ4v) is 1.98. The minimum absolute atomic E-state index is 0.619. The molecule has 2 N–H and O–H groups in total. The monoisotopic (exact) mass is 253 g/mol. The summed E-state index contributed by atoms with van der Waals surface area (Å²) in [5.74, 6) is 0.636. The lowest BCUT2D eigenvalue weighted by Gasteiger charge is -2.24. The SMILES string of the molecule is Cc1nn(C)cc1CNCC(C)(O)CCC(C)C. The van der Waals surface area contributed by atoms with Gasteiger partial charge in [0.15, 0.2) is 0 Å². The Bertz CT molecular complexity index is 369. The fraction of sp³-hybridized carbons (Fsp3) is 0.786. The van der Waals surface area contributed by atoms with Crippen molar-refractivity contribution < 1.29 is 5.11 Å². The van der Waals surface area contributed by atoms with Gasteiger partial charge in [-0.1, -0.05) is 13.8 Å². The Morgan fingerprint density at radius 1 is 1.50 bits per heavy atom. The van der Waals surface area contributed by atoms with E-state index in [1.807, 2.05) is 31.8 Å². The first kappa shape index (κ1) is 15.2. The number of aryl methyl sites for hydroxylation is 2. The molecule has 0 aliphatic heterocycles. The van der Waals surface area contributed by atoms with Crippen molar-refractivity contribution in [1.29, 1.82) is 0 Å². The smallest absolute Gasteiger partial charge is 0.0743 e. The molecule has 0 aliphatic rings. The van der Waals surface area contributed by atoms with Crippen molar-refractivity contribution in [2.45, 2.75) is 52.7 Å². The van der Waals surface area contributed by atoms with Gasteiger partial charge in [-0.25, -0.2) is 0 Å². The van der Waals surface area contributed by atoms with E-state index in [4.69, 9.17) is 0 Å². The summed E-state index contributed by atoms with van der Waals surface area (Å²) in [5, 5.41) is 17.8. The van der Waals surface area contributed by atoms with Crippen LogP contribution in [0.3, 0.4) is 0 Å². The number of rotatable bonds is 7. The molecule has 1 aromatic rings. The summed E-state index contributed by atoms with van der Waals surface area (Å²) < 4.78 is 1.82. The van der Waals surface area contributed by atoms with Crippen molar-refractivity contribution in [2.24, 2.45) is 13.0 Å². The third-order valence-corrected chi connectivity index (χ3v) is 3.20. The van der Waals surface area contributed by atoms with E-state index in [1.165, 1.54) is 5.56 Å². The summed E-state index contributed by atoms with van der Waals surface area (Å²) >= 11 is 0. The van der Waals surface area contributed by atoms with Crippen molar-refractivity contribution >= 4 is 0 Å². The molecular formula is C14H27N3O. The Labute approximate surface area is 110 Å². The highest BCUT2D eigenvalue weighted by Crippen LogP contribution is 2.15. The van der Waals surface area contributed by atoms with Gasteiger partial charge in [0.2, 0.25) is 0 Å². The maximum atomic E-state index is 10.2. The van der Waals surface area contributed by atoms with E-state index in [0.29, 0.717) is 12.5 Å². The van der Waals surface area contributed by atoms with Crippen molar-refractivity contribution in [2.75, 3.05) is 6.54 Å². The van der Waals surface area contributed by atoms with Crippen LogP contribution in [0.1, 0.15) is 44.9 Å². The lowest BCUT2D eigenvalue weighted by Crippen LogP contribution is -2.37. The number of aromatic nitrogens is 2. The second kappa shape index (κ2) is 6.34. The molecule has 1 aromatic heterocycles. The number of nitrogens with one attached hydrogen (secondary N) is 1. The highest BCUT2D eigenvalue weighted by Gasteiger charge is 2.20. The Morgan fingerprint density at radius 3 is 2.67 bits per heavy atom. The largest absolute Gasteiger partial charge is 0.389 e. The molecule has 0 aromatic carbocycles. The zero-order chi connectivity index (χ0) is 13.8. The normalized spacial score (nSPS) is 15.1. The van der Waals surface area contributed by atoms with E-state index in [-0.39, 0.29) is 0 Å². The molecular weight excluding hydrogens is 226 g/mol. The summed E-state index contributed by atoms with van der Waals surface area (Å²) in [7, 11) is 1.93. The molecule has 4 heteroatoms. The molecule has 1 atom stereocenters. The first-order valence-electron chi connectivity index (χ1n) is 6.72. The van der Waals surface area contributed by atoms with Crippen LogP contribution in [0, 0.1) is 12.8 Å². The lowest BCUT2D eigenvalue weighted by atomic mass is 9.95. The minimum atomic E-state index is -0.625. The van der Waals surface area contributed by atoms with Crippen LogP contribution in [0.4, 0.5) is 0 Å². The van der Waals surface area contributed by atoms with E-state index in [1.54, 1.807) is 0 Å². The number of aliphatic hydroxyl groups is 1. The highest BCUT2D eigenvalue weighted by atomic mass is 16.3. The second-order valence-electron chi connectivity index (χ2n) is 5.95. The van der Waals surface area contributed by atoms with E-state index in [2.05, 4.69) is 24.3 Å². The van der Waals surface area contributed by atoms with E-state index < -0.39 is 5.60 Å². The van der Waals surface area contributed by atoms with Crippen molar-refractivity contribution in [1.82, 2.24) is 15.1 Å². The van der Waals surface area contributed by atoms with E-state index >= 15 is 0 Å². The highest BCUT2D eigenvalue weighted by molar-refractivity contribution is 5.14. The van der Waals surface area contributed by atoms with E-state index in [0.717, 1.165) is 25.1 Å². The summed E-state index contributed by atoms with van der Waals surface area (Å²) in [5.41, 5.74) is 1.62. The molecule has 0 bridgehead atoms. The second-order valence-corrected chi connectivity index (χ2v) is 5.95. The van der Waals surface area contributed by atoms with Gasteiger partial charge in [-0.05, 0) is 32.6 Å². The minimum Gasteiger partial charge on any atom is -0.389 e. The third kappa shape index (κ3) is 5.19. The summed E-state index contributed by atoms with van der Waals surface area (Å²) in [6.07, 6.45) is 3.91. The molecule has 0 aliphatic carbocycles. The van der Waals surface area contributed by atoms with Gasteiger partial charge in [0.05, 0.1) is 11.3 Å². The van der Waals surface area contributed by atoms with E-state index in [9.17, 15) is 5.11 Å². The molecule has 18 heavy (non-hydrogen) atoms. The number of nitrogens with zero attached hydrogens (tertiary/aromatic N) is 2.